The molecule has 2 atom stereocenters. The predicted octanol–water partition coefficient (Wildman–Crippen LogP) is -4.70. The van der Waals surface area contributed by atoms with E-state index in [1.807, 2.05) is 0 Å². The van der Waals surface area contributed by atoms with Crippen LogP contribution in [0.4, 0.5) is 0 Å². The molecule has 15 heavy (non-hydrogen) atoms. The summed E-state index contributed by atoms with van der Waals surface area (Å²) < 4.78 is 57.3. The smallest absolute Gasteiger partial charge is 1.00 e. The quantitative estimate of drug-likeness (QED) is 0.288. The largest absolute Gasteiger partial charge is 1.00 e. The zero-order valence-corrected chi connectivity index (χ0v) is 11.4. The van der Waals surface area contributed by atoms with Gasteiger partial charge in [-0.1, -0.05) is 0 Å². The van der Waals surface area contributed by atoms with Crippen molar-refractivity contribution in [3.63, 3.8) is 0 Å². The Morgan fingerprint density at radius 2 is 1.07 bits per heavy atom. The van der Waals surface area contributed by atoms with E-state index in [-0.39, 0.29) is 31.0 Å². The molecule has 11 heteroatoms. The zero-order chi connectivity index (χ0) is 11.6. The molecule has 0 rings (SSSR count). The van der Waals surface area contributed by atoms with Crippen molar-refractivity contribution >= 4 is 20.2 Å². The van der Waals surface area contributed by atoms with E-state index < -0.39 is 43.9 Å². The molecule has 2 unspecified atom stereocenters. The Morgan fingerprint density at radius 3 is 1.20 bits per heavy atom. The van der Waals surface area contributed by atoms with Crippen LogP contribution < -0.4 is 29.6 Å². The van der Waals surface area contributed by atoms with Gasteiger partial charge in [-0.2, -0.15) is 16.8 Å². The van der Waals surface area contributed by atoms with Crippen LogP contribution in [-0.2, 0) is 20.2 Å². The fourth-order valence-corrected chi connectivity index (χ4v) is 1.45. The fourth-order valence-electron chi connectivity index (χ4n) is 0.583. The maximum Gasteiger partial charge on any atom is 1.00 e. The molecule has 0 saturated heterocycles. The van der Waals surface area contributed by atoms with Crippen LogP contribution in [0.2, 0.25) is 0 Å². The minimum atomic E-state index is -4.68. The van der Waals surface area contributed by atoms with Gasteiger partial charge < -0.3 is 11.6 Å². The zero-order valence-electron chi connectivity index (χ0n) is 8.81. The van der Waals surface area contributed by atoms with Gasteiger partial charge in [0.1, 0.15) is 0 Å². The Morgan fingerprint density at radius 1 is 0.867 bits per heavy atom. The molecular formula is C4H11NaO8S2. The minimum absolute atomic E-state index is 0. The summed E-state index contributed by atoms with van der Waals surface area (Å²) in [5, 5.41) is 17.3. The molecule has 0 aliphatic rings. The first-order valence-corrected chi connectivity index (χ1v) is 6.34. The second kappa shape index (κ2) is 6.47. The van der Waals surface area contributed by atoms with Crippen LogP contribution in [0.5, 0.6) is 0 Å². The van der Waals surface area contributed by atoms with Crippen LogP contribution in [0, 0.1) is 0 Å². The molecule has 0 aromatic rings. The van der Waals surface area contributed by atoms with Crippen molar-refractivity contribution < 1.29 is 67.1 Å². The van der Waals surface area contributed by atoms with Gasteiger partial charge in [0.15, 0.2) is 10.9 Å². The molecule has 0 aromatic carbocycles. The van der Waals surface area contributed by atoms with Crippen molar-refractivity contribution in [3.05, 3.63) is 0 Å². The first-order chi connectivity index (χ1) is 6.05. The second-order valence-corrected chi connectivity index (χ2v) is 5.66. The van der Waals surface area contributed by atoms with Gasteiger partial charge in [-0.3, -0.25) is 9.11 Å². The molecule has 0 amide bonds. The molecule has 0 radical (unpaired) electrons. The monoisotopic (exact) mass is 274 g/mol. The minimum Gasteiger partial charge on any atom is -1.00 e. The number of hydrogen-bond acceptors (Lipinski definition) is 6. The average Bonchev–Trinajstić information content (AvgIpc) is 1.95. The van der Waals surface area contributed by atoms with Crippen molar-refractivity contribution in [2.24, 2.45) is 0 Å². The van der Waals surface area contributed by atoms with E-state index in [1.54, 1.807) is 0 Å². The summed E-state index contributed by atoms with van der Waals surface area (Å²) in [7, 11) is -9.35. The molecule has 8 nitrogen and oxygen atoms in total. The van der Waals surface area contributed by atoms with E-state index in [9.17, 15) is 16.8 Å². The van der Waals surface area contributed by atoms with Crippen molar-refractivity contribution in [2.75, 3.05) is 0 Å². The summed E-state index contributed by atoms with van der Waals surface area (Å²) in [6.07, 6.45) is -1.42. The summed E-state index contributed by atoms with van der Waals surface area (Å²) in [6.45, 7) is 0. The van der Waals surface area contributed by atoms with Crippen molar-refractivity contribution in [2.45, 2.75) is 23.7 Å². The molecule has 0 aromatic heterocycles. The molecule has 0 aliphatic heterocycles. The normalized spacial score (nSPS) is 16.5. The molecule has 4 N–H and O–H groups in total. The van der Waals surface area contributed by atoms with E-state index in [2.05, 4.69) is 0 Å². The number of rotatable bonds is 5. The van der Waals surface area contributed by atoms with E-state index in [1.165, 1.54) is 0 Å². The van der Waals surface area contributed by atoms with E-state index in [0.29, 0.717) is 0 Å². The maximum absolute atomic E-state index is 10.2. The first-order valence-electron chi connectivity index (χ1n) is 3.34. The van der Waals surface area contributed by atoms with Crippen molar-refractivity contribution in [1.29, 1.82) is 0 Å². The molecule has 88 valence electrons. The van der Waals surface area contributed by atoms with E-state index in [4.69, 9.17) is 19.3 Å². The molecule has 0 fully saturated rings. The summed E-state index contributed by atoms with van der Waals surface area (Å²) in [5.74, 6) is 0. The number of hydrogen-bond donors (Lipinski definition) is 4. The van der Waals surface area contributed by atoms with Gasteiger partial charge in [0.25, 0.3) is 20.2 Å². The molecule has 0 spiro atoms. The van der Waals surface area contributed by atoms with E-state index >= 15 is 0 Å². The van der Waals surface area contributed by atoms with Crippen LogP contribution in [0.1, 0.15) is 14.3 Å². The molecule has 0 bridgehead atoms. The Bertz CT molecular complexity index is 339. The van der Waals surface area contributed by atoms with Crippen molar-refractivity contribution in [1.82, 2.24) is 0 Å². The van der Waals surface area contributed by atoms with Gasteiger partial charge in [0, 0.05) is 0 Å². The topological polar surface area (TPSA) is 149 Å². The first kappa shape index (κ1) is 18.1. The molecular weight excluding hydrogens is 263 g/mol. The van der Waals surface area contributed by atoms with Gasteiger partial charge in [-0.25, -0.2) is 0 Å². The summed E-state index contributed by atoms with van der Waals surface area (Å²) in [6, 6.07) is 0. The van der Waals surface area contributed by atoms with Crippen LogP contribution in [-0.4, -0.2) is 47.0 Å². The third-order valence-electron chi connectivity index (χ3n) is 1.35. The Balaban J connectivity index is -0.000000845. The molecule has 0 aliphatic carbocycles. The Labute approximate surface area is 111 Å². The van der Waals surface area contributed by atoms with Crippen molar-refractivity contribution in [3.8, 4) is 0 Å². The number of aliphatic hydroxyl groups is 2. The van der Waals surface area contributed by atoms with Gasteiger partial charge in [-0.15, -0.1) is 0 Å². The van der Waals surface area contributed by atoms with Gasteiger partial charge in [0.05, 0.1) is 0 Å². The SMILES string of the molecule is O=S(=O)(O)C(O)CCC(O)S(=O)(=O)O.[H-].[Na+]. The Kier molecular flexibility index (Phi) is 7.81. The van der Waals surface area contributed by atoms with Crippen LogP contribution in [0.15, 0.2) is 0 Å². The summed E-state index contributed by atoms with van der Waals surface area (Å²) in [4.78, 5) is 0. The molecule has 0 heterocycles. The Hall–Kier alpha value is 0.740. The third-order valence-corrected chi connectivity index (χ3v) is 3.19. The van der Waals surface area contributed by atoms with Crippen LogP contribution >= 0.6 is 0 Å². The third kappa shape index (κ3) is 7.60. The standard InChI is InChI=1S/C4H10O8S2.Na.H/c5-3(13(7,8)9)1-2-4(6)14(10,11)12;;/h3-6H,1-2H2,(H,7,8,9)(H,10,11,12);;/q;+1;-1. The van der Waals surface area contributed by atoms with Gasteiger partial charge >= 0.3 is 29.6 Å². The maximum atomic E-state index is 10.2. The van der Waals surface area contributed by atoms with E-state index in [0.717, 1.165) is 0 Å². The van der Waals surface area contributed by atoms with Gasteiger partial charge in [0.2, 0.25) is 0 Å². The van der Waals surface area contributed by atoms with Crippen LogP contribution in [0.25, 0.3) is 0 Å². The average molecular weight is 274 g/mol. The summed E-state index contributed by atoms with van der Waals surface area (Å²) >= 11 is 0. The van der Waals surface area contributed by atoms with Gasteiger partial charge in [-0.05, 0) is 12.8 Å². The predicted molar refractivity (Wildman–Crippen MR) is 45.5 cm³/mol. The number of aliphatic hydroxyl groups excluding tert-OH is 2. The van der Waals surface area contributed by atoms with Crippen LogP contribution in [0.3, 0.4) is 0 Å². The fraction of sp³-hybridized carbons (Fsp3) is 1.00. The summed E-state index contributed by atoms with van der Waals surface area (Å²) in [5.41, 5.74) is -4.36. The molecule has 0 saturated carbocycles. The second-order valence-electron chi connectivity index (χ2n) is 2.52.